The van der Waals surface area contributed by atoms with Crippen molar-refractivity contribution < 1.29 is 4.92 Å². The molecule has 0 aliphatic heterocycles. The van der Waals surface area contributed by atoms with Crippen molar-refractivity contribution in [3.8, 4) is 0 Å². The molecule has 0 radical (unpaired) electrons. The number of anilines is 2. The van der Waals surface area contributed by atoms with Crippen LogP contribution in [0.3, 0.4) is 0 Å². The van der Waals surface area contributed by atoms with Crippen molar-refractivity contribution >= 4 is 28.2 Å². The Morgan fingerprint density at radius 1 is 1.17 bits per heavy atom. The van der Waals surface area contributed by atoms with Gasteiger partial charge in [-0.3, -0.25) is 10.1 Å². The van der Waals surface area contributed by atoms with Gasteiger partial charge in [-0.2, -0.15) is 4.98 Å². The van der Waals surface area contributed by atoms with Crippen molar-refractivity contribution in [1.29, 1.82) is 0 Å². The summed E-state index contributed by atoms with van der Waals surface area (Å²) in [6.07, 6.45) is 0. The van der Waals surface area contributed by atoms with Crippen LogP contribution in [-0.2, 0) is 6.54 Å². The van der Waals surface area contributed by atoms with Gasteiger partial charge in [-0.15, -0.1) is 0 Å². The zero-order valence-corrected chi connectivity index (χ0v) is 12.5. The molecule has 0 atom stereocenters. The summed E-state index contributed by atoms with van der Waals surface area (Å²) < 4.78 is 0. The van der Waals surface area contributed by atoms with Crippen LogP contribution in [0.2, 0.25) is 0 Å². The lowest BCUT2D eigenvalue weighted by molar-refractivity contribution is -0.385. The van der Waals surface area contributed by atoms with Gasteiger partial charge in [0.25, 0.3) is 0 Å². The maximum Gasteiger partial charge on any atom is 0.332 e. The third-order valence-electron chi connectivity index (χ3n) is 3.58. The van der Waals surface area contributed by atoms with Crippen LogP contribution in [0, 0.1) is 17.0 Å². The highest BCUT2D eigenvalue weighted by atomic mass is 16.6. The van der Waals surface area contributed by atoms with Crippen molar-refractivity contribution in [2.45, 2.75) is 13.5 Å². The molecule has 0 fully saturated rings. The fourth-order valence-corrected chi connectivity index (χ4v) is 2.51. The van der Waals surface area contributed by atoms with Crippen molar-refractivity contribution in [1.82, 2.24) is 9.97 Å². The molecule has 0 saturated heterocycles. The van der Waals surface area contributed by atoms with Gasteiger partial charge in [0.05, 0.1) is 4.92 Å². The number of benzene rings is 2. The van der Waals surface area contributed by atoms with E-state index in [9.17, 15) is 10.1 Å². The second kappa shape index (κ2) is 5.88. The summed E-state index contributed by atoms with van der Waals surface area (Å²) in [5.74, 6) is 0.140. The topological polar surface area (TPSA) is 107 Å². The van der Waals surface area contributed by atoms with Crippen LogP contribution in [0.15, 0.2) is 42.5 Å². The lowest BCUT2D eigenvalue weighted by Gasteiger charge is -2.09. The van der Waals surface area contributed by atoms with Gasteiger partial charge in [0.15, 0.2) is 0 Å². The molecule has 0 aliphatic carbocycles. The first-order chi connectivity index (χ1) is 11.1. The minimum absolute atomic E-state index is 0.136. The van der Waals surface area contributed by atoms with Crippen LogP contribution in [0.5, 0.6) is 0 Å². The number of hydrogen-bond acceptors (Lipinski definition) is 6. The van der Waals surface area contributed by atoms with Gasteiger partial charge >= 0.3 is 5.69 Å². The molecule has 0 bridgehead atoms. The maximum atomic E-state index is 10.9. The number of fused-ring (bicyclic) bond motifs is 1. The third kappa shape index (κ3) is 2.89. The van der Waals surface area contributed by atoms with Crippen LogP contribution in [0.4, 0.5) is 17.5 Å². The summed E-state index contributed by atoms with van der Waals surface area (Å²) in [6.45, 7) is 2.04. The van der Waals surface area contributed by atoms with Crippen molar-refractivity contribution in [3.63, 3.8) is 0 Å². The SMILES string of the molecule is Cc1nc(NCc2cccc3ccccc23)nc(N)c1[N+](=O)[O-]. The fraction of sp³-hybridized carbons (Fsp3) is 0.125. The van der Waals surface area contributed by atoms with Crippen LogP contribution in [0.25, 0.3) is 10.8 Å². The number of rotatable bonds is 4. The Bertz CT molecular complexity index is 866. The van der Waals surface area contributed by atoms with Crippen LogP contribution in [-0.4, -0.2) is 14.9 Å². The monoisotopic (exact) mass is 309 g/mol. The van der Waals surface area contributed by atoms with E-state index in [1.54, 1.807) is 6.92 Å². The van der Waals surface area contributed by atoms with Crippen LogP contribution in [0.1, 0.15) is 11.3 Å². The molecule has 116 valence electrons. The van der Waals surface area contributed by atoms with Gasteiger partial charge in [-0.25, -0.2) is 4.98 Å². The molecular formula is C16H15N5O2. The Labute approximate surface area is 132 Å². The van der Waals surface area contributed by atoms with Crippen molar-refractivity contribution in [3.05, 3.63) is 63.8 Å². The molecule has 0 unspecified atom stereocenters. The van der Waals surface area contributed by atoms with Gasteiger partial charge in [0.2, 0.25) is 11.8 Å². The lowest BCUT2D eigenvalue weighted by Crippen LogP contribution is -2.09. The lowest BCUT2D eigenvalue weighted by atomic mass is 10.0. The number of nitrogen functional groups attached to an aromatic ring is 1. The first-order valence-electron chi connectivity index (χ1n) is 7.05. The Morgan fingerprint density at radius 3 is 2.65 bits per heavy atom. The van der Waals surface area contributed by atoms with E-state index in [0.29, 0.717) is 6.54 Å². The highest BCUT2D eigenvalue weighted by molar-refractivity contribution is 5.85. The standard InChI is InChI=1S/C16H15N5O2/c1-10-14(21(22)23)15(17)20-16(19-10)18-9-12-7-4-6-11-5-2-3-8-13(11)12/h2-8H,9H2,1H3,(H3,17,18,19,20). The van der Waals surface area contributed by atoms with Gasteiger partial charge in [-0.1, -0.05) is 42.5 Å². The van der Waals surface area contributed by atoms with E-state index in [1.807, 2.05) is 42.5 Å². The quantitative estimate of drug-likeness (QED) is 0.566. The molecule has 7 nitrogen and oxygen atoms in total. The maximum absolute atomic E-state index is 10.9. The average Bonchev–Trinajstić information content (AvgIpc) is 2.52. The van der Waals surface area contributed by atoms with Gasteiger partial charge in [0.1, 0.15) is 5.69 Å². The number of nitrogens with zero attached hydrogens (tertiary/aromatic N) is 3. The van der Waals surface area contributed by atoms with Crippen LogP contribution < -0.4 is 11.1 Å². The first kappa shape index (κ1) is 14.7. The summed E-state index contributed by atoms with van der Waals surface area (Å²) in [5.41, 5.74) is 6.72. The number of hydrogen-bond donors (Lipinski definition) is 2. The minimum Gasteiger partial charge on any atom is -0.378 e. The summed E-state index contributed by atoms with van der Waals surface area (Å²) in [5, 5.41) is 16.3. The van der Waals surface area contributed by atoms with E-state index in [1.165, 1.54) is 0 Å². The van der Waals surface area contributed by atoms with Gasteiger partial charge < -0.3 is 11.1 Å². The zero-order valence-electron chi connectivity index (χ0n) is 12.5. The number of aromatic nitrogens is 2. The molecule has 23 heavy (non-hydrogen) atoms. The molecule has 1 aromatic heterocycles. The summed E-state index contributed by atoms with van der Waals surface area (Å²) in [4.78, 5) is 18.4. The number of nitrogens with one attached hydrogen (secondary N) is 1. The molecule has 2 aromatic carbocycles. The Balaban J connectivity index is 1.87. The zero-order chi connectivity index (χ0) is 16.4. The molecule has 3 rings (SSSR count). The normalized spacial score (nSPS) is 10.7. The molecule has 3 aromatic rings. The summed E-state index contributed by atoms with van der Waals surface area (Å²) >= 11 is 0. The number of nitrogens with two attached hydrogens (primary N) is 1. The predicted molar refractivity (Wildman–Crippen MR) is 89.1 cm³/mol. The van der Waals surface area contributed by atoms with E-state index in [-0.39, 0.29) is 23.1 Å². The third-order valence-corrected chi connectivity index (χ3v) is 3.58. The van der Waals surface area contributed by atoms with E-state index in [4.69, 9.17) is 5.73 Å². The molecule has 0 saturated carbocycles. The molecule has 3 N–H and O–H groups in total. The Kier molecular flexibility index (Phi) is 3.76. The summed E-state index contributed by atoms with van der Waals surface area (Å²) in [6, 6.07) is 14.1. The minimum atomic E-state index is -0.570. The number of aryl methyl sites for hydroxylation is 1. The largest absolute Gasteiger partial charge is 0.378 e. The van der Waals surface area contributed by atoms with Crippen molar-refractivity contribution in [2.75, 3.05) is 11.1 Å². The molecule has 0 amide bonds. The fourth-order valence-electron chi connectivity index (χ4n) is 2.51. The second-order valence-corrected chi connectivity index (χ2v) is 5.12. The molecule has 0 aliphatic rings. The molecular weight excluding hydrogens is 294 g/mol. The molecule has 1 heterocycles. The average molecular weight is 309 g/mol. The Morgan fingerprint density at radius 2 is 1.91 bits per heavy atom. The smallest absolute Gasteiger partial charge is 0.332 e. The van der Waals surface area contributed by atoms with E-state index < -0.39 is 4.92 Å². The van der Waals surface area contributed by atoms with Gasteiger partial charge in [0, 0.05) is 6.54 Å². The Hall–Kier alpha value is -3.22. The number of nitro groups is 1. The predicted octanol–water partition coefficient (Wildman–Crippen LogP) is 3.04. The molecule has 7 heteroatoms. The van der Waals surface area contributed by atoms with E-state index in [0.717, 1.165) is 16.3 Å². The van der Waals surface area contributed by atoms with Gasteiger partial charge in [-0.05, 0) is 23.3 Å². The van der Waals surface area contributed by atoms with Crippen molar-refractivity contribution in [2.24, 2.45) is 0 Å². The highest BCUT2D eigenvalue weighted by Gasteiger charge is 2.19. The highest BCUT2D eigenvalue weighted by Crippen LogP contribution is 2.24. The molecule has 0 spiro atoms. The van der Waals surface area contributed by atoms with E-state index in [2.05, 4.69) is 15.3 Å². The first-order valence-corrected chi connectivity index (χ1v) is 7.05. The second-order valence-electron chi connectivity index (χ2n) is 5.12. The summed E-state index contributed by atoms with van der Waals surface area (Å²) in [7, 11) is 0. The van der Waals surface area contributed by atoms with E-state index >= 15 is 0 Å². The van der Waals surface area contributed by atoms with Crippen LogP contribution >= 0.6 is 0 Å².